The summed E-state index contributed by atoms with van der Waals surface area (Å²) in [7, 11) is 0. The lowest BCUT2D eigenvalue weighted by atomic mass is 10.4. The number of nitrogens with zero attached hydrogens (tertiary/aromatic N) is 3. The fourth-order valence-electron chi connectivity index (χ4n) is 1.84. The molecule has 16 heavy (non-hydrogen) atoms. The maximum Gasteiger partial charge on any atom is 0.214 e. The summed E-state index contributed by atoms with van der Waals surface area (Å²) in [6, 6.07) is 7.24. The molecule has 0 saturated carbocycles. The molecule has 0 spiro atoms. The Morgan fingerprint density at radius 2 is 2.19 bits per heavy atom. The normalized spacial score (nSPS) is 15.9. The lowest BCUT2D eigenvalue weighted by Crippen LogP contribution is -2.25. The molecule has 0 aromatic carbocycles. The van der Waals surface area contributed by atoms with E-state index in [2.05, 4.69) is 9.88 Å². The Labute approximate surface area is 95.5 Å². The SMILES string of the molecule is N#Cc1cccc(OCCN2CCCC2)n1. The number of likely N-dealkylation sites (tertiary alicyclic amines) is 1. The molecule has 1 saturated heterocycles. The van der Waals surface area contributed by atoms with Gasteiger partial charge in [0.1, 0.15) is 18.4 Å². The third-order valence-corrected chi connectivity index (χ3v) is 2.69. The van der Waals surface area contributed by atoms with E-state index in [0.29, 0.717) is 18.2 Å². The van der Waals surface area contributed by atoms with Gasteiger partial charge >= 0.3 is 0 Å². The third kappa shape index (κ3) is 2.94. The lowest BCUT2D eigenvalue weighted by molar-refractivity contribution is 0.232. The van der Waals surface area contributed by atoms with Gasteiger partial charge in [0.2, 0.25) is 5.88 Å². The van der Waals surface area contributed by atoms with Crippen LogP contribution in [-0.2, 0) is 0 Å². The first-order chi connectivity index (χ1) is 7.88. The van der Waals surface area contributed by atoms with Gasteiger partial charge in [-0.3, -0.25) is 4.90 Å². The summed E-state index contributed by atoms with van der Waals surface area (Å²) in [5.41, 5.74) is 0.402. The predicted octanol–water partition coefficient (Wildman–Crippen LogP) is 1.43. The summed E-state index contributed by atoms with van der Waals surface area (Å²) in [6.07, 6.45) is 2.59. The van der Waals surface area contributed by atoms with E-state index in [4.69, 9.17) is 10.00 Å². The fraction of sp³-hybridized carbons (Fsp3) is 0.500. The Morgan fingerprint density at radius 1 is 1.38 bits per heavy atom. The number of hydrogen-bond donors (Lipinski definition) is 0. The van der Waals surface area contributed by atoms with Gasteiger partial charge in [-0.25, -0.2) is 4.98 Å². The van der Waals surface area contributed by atoms with Crippen LogP contribution >= 0.6 is 0 Å². The van der Waals surface area contributed by atoms with Crippen LogP contribution in [0, 0.1) is 11.3 Å². The van der Waals surface area contributed by atoms with Crippen molar-refractivity contribution < 1.29 is 4.74 Å². The zero-order valence-electron chi connectivity index (χ0n) is 9.22. The summed E-state index contributed by atoms with van der Waals surface area (Å²) >= 11 is 0. The second kappa shape index (κ2) is 5.47. The molecule has 1 aliphatic heterocycles. The van der Waals surface area contributed by atoms with Gasteiger partial charge in [0.25, 0.3) is 0 Å². The molecule has 0 N–H and O–H groups in total. The maximum atomic E-state index is 8.68. The Morgan fingerprint density at radius 3 is 2.94 bits per heavy atom. The summed E-state index contributed by atoms with van der Waals surface area (Å²) < 4.78 is 5.51. The van der Waals surface area contributed by atoms with E-state index >= 15 is 0 Å². The number of nitriles is 1. The Balaban J connectivity index is 1.78. The molecule has 84 valence electrons. The van der Waals surface area contributed by atoms with Crippen LogP contribution in [0.4, 0.5) is 0 Å². The van der Waals surface area contributed by atoms with Gasteiger partial charge < -0.3 is 4.74 Å². The van der Waals surface area contributed by atoms with Crippen LogP contribution in [0.2, 0.25) is 0 Å². The highest BCUT2D eigenvalue weighted by Crippen LogP contribution is 2.09. The largest absolute Gasteiger partial charge is 0.476 e. The molecule has 0 atom stereocenters. The molecule has 0 aliphatic carbocycles. The Kier molecular flexibility index (Phi) is 3.73. The quantitative estimate of drug-likeness (QED) is 0.765. The summed E-state index contributed by atoms with van der Waals surface area (Å²) in [5.74, 6) is 0.540. The Bertz CT molecular complexity index is 380. The number of aromatic nitrogens is 1. The number of ether oxygens (including phenoxy) is 1. The molecule has 0 radical (unpaired) electrons. The molecule has 1 aliphatic rings. The molecular weight excluding hydrogens is 202 g/mol. The van der Waals surface area contributed by atoms with Gasteiger partial charge in [-0.05, 0) is 32.0 Å². The van der Waals surface area contributed by atoms with Gasteiger partial charge in [-0.15, -0.1) is 0 Å². The second-order valence-electron chi connectivity index (χ2n) is 3.87. The van der Waals surface area contributed by atoms with E-state index in [1.165, 1.54) is 25.9 Å². The molecule has 2 rings (SSSR count). The van der Waals surface area contributed by atoms with Crippen molar-refractivity contribution in [1.82, 2.24) is 9.88 Å². The molecule has 0 bridgehead atoms. The highest BCUT2D eigenvalue weighted by molar-refractivity contribution is 5.24. The minimum absolute atomic E-state index is 0.402. The van der Waals surface area contributed by atoms with Crippen molar-refractivity contribution in [2.75, 3.05) is 26.2 Å². The van der Waals surface area contributed by atoms with Gasteiger partial charge in [0.15, 0.2) is 0 Å². The van der Waals surface area contributed by atoms with E-state index < -0.39 is 0 Å². The fourth-order valence-corrected chi connectivity index (χ4v) is 1.84. The highest BCUT2D eigenvalue weighted by atomic mass is 16.5. The van der Waals surface area contributed by atoms with Gasteiger partial charge in [0.05, 0.1) is 0 Å². The van der Waals surface area contributed by atoms with Crippen molar-refractivity contribution in [2.45, 2.75) is 12.8 Å². The first-order valence-corrected chi connectivity index (χ1v) is 5.61. The van der Waals surface area contributed by atoms with Crippen molar-refractivity contribution in [1.29, 1.82) is 5.26 Å². The van der Waals surface area contributed by atoms with Crippen molar-refractivity contribution >= 4 is 0 Å². The van der Waals surface area contributed by atoms with Gasteiger partial charge in [-0.2, -0.15) is 5.26 Å². The van der Waals surface area contributed by atoms with E-state index in [9.17, 15) is 0 Å². The molecule has 0 unspecified atom stereocenters. The van der Waals surface area contributed by atoms with E-state index in [1.54, 1.807) is 18.2 Å². The van der Waals surface area contributed by atoms with Crippen LogP contribution < -0.4 is 4.74 Å². The molecule has 2 heterocycles. The monoisotopic (exact) mass is 217 g/mol. The van der Waals surface area contributed by atoms with Gasteiger partial charge in [-0.1, -0.05) is 6.07 Å². The summed E-state index contributed by atoms with van der Waals surface area (Å²) in [6.45, 7) is 3.93. The molecule has 4 nitrogen and oxygen atoms in total. The van der Waals surface area contributed by atoms with Crippen LogP contribution in [0.3, 0.4) is 0 Å². The Hall–Kier alpha value is -1.60. The van der Waals surface area contributed by atoms with Gasteiger partial charge in [0, 0.05) is 12.6 Å². The minimum atomic E-state index is 0.402. The van der Waals surface area contributed by atoms with Crippen molar-refractivity contribution in [3.63, 3.8) is 0 Å². The van der Waals surface area contributed by atoms with Crippen LogP contribution in [0.15, 0.2) is 18.2 Å². The number of hydrogen-bond acceptors (Lipinski definition) is 4. The second-order valence-corrected chi connectivity index (χ2v) is 3.87. The van der Waals surface area contributed by atoms with Crippen molar-refractivity contribution in [3.05, 3.63) is 23.9 Å². The zero-order valence-corrected chi connectivity index (χ0v) is 9.22. The van der Waals surface area contributed by atoms with Crippen LogP contribution in [0.1, 0.15) is 18.5 Å². The smallest absolute Gasteiger partial charge is 0.214 e. The van der Waals surface area contributed by atoms with Crippen molar-refractivity contribution in [3.8, 4) is 11.9 Å². The average molecular weight is 217 g/mol. The van der Waals surface area contributed by atoms with E-state index in [0.717, 1.165) is 6.54 Å². The number of pyridine rings is 1. The zero-order chi connectivity index (χ0) is 11.2. The molecule has 1 fully saturated rings. The van der Waals surface area contributed by atoms with Crippen LogP contribution in [0.25, 0.3) is 0 Å². The third-order valence-electron chi connectivity index (χ3n) is 2.69. The lowest BCUT2D eigenvalue weighted by Gasteiger charge is -2.14. The first kappa shape index (κ1) is 10.9. The first-order valence-electron chi connectivity index (χ1n) is 5.61. The molecule has 4 heteroatoms. The minimum Gasteiger partial charge on any atom is -0.476 e. The predicted molar refractivity (Wildman–Crippen MR) is 60.1 cm³/mol. The molecule has 1 aromatic heterocycles. The van der Waals surface area contributed by atoms with E-state index in [-0.39, 0.29) is 0 Å². The standard InChI is InChI=1S/C12H15N3O/c13-10-11-4-3-5-12(14-11)16-9-8-15-6-1-2-7-15/h3-5H,1-2,6-9H2. The van der Waals surface area contributed by atoms with Crippen LogP contribution in [0.5, 0.6) is 5.88 Å². The maximum absolute atomic E-state index is 8.68. The summed E-state index contributed by atoms with van der Waals surface area (Å²) in [4.78, 5) is 6.44. The molecular formula is C12H15N3O. The van der Waals surface area contributed by atoms with Crippen LogP contribution in [-0.4, -0.2) is 36.1 Å². The van der Waals surface area contributed by atoms with Crippen molar-refractivity contribution in [2.24, 2.45) is 0 Å². The molecule has 1 aromatic rings. The van der Waals surface area contributed by atoms with E-state index in [1.807, 2.05) is 6.07 Å². The summed E-state index contributed by atoms with van der Waals surface area (Å²) in [5, 5.41) is 8.68. The average Bonchev–Trinajstić information content (AvgIpc) is 2.82. The molecule has 0 amide bonds. The number of rotatable bonds is 4. The topological polar surface area (TPSA) is 49.1 Å². The highest BCUT2D eigenvalue weighted by Gasteiger charge is 2.10.